The molecule has 0 amide bonds. The van der Waals surface area contributed by atoms with Gasteiger partial charge in [0.1, 0.15) is 11.4 Å². The second-order valence-electron chi connectivity index (χ2n) is 5.84. The fraction of sp³-hybridized carbons (Fsp3) is 0.444. The highest BCUT2D eigenvalue weighted by Gasteiger charge is 2.39. The second-order valence-corrected chi connectivity index (χ2v) is 6.63. The Bertz CT molecular complexity index is 622. The van der Waals surface area contributed by atoms with Crippen LogP contribution in [0.2, 0.25) is 0 Å². The van der Waals surface area contributed by atoms with Crippen molar-refractivity contribution in [3.8, 4) is 5.75 Å². The Hall–Kier alpha value is -1.06. The molecule has 3 heteroatoms. The second kappa shape index (κ2) is 6.37. The zero-order valence-electron chi connectivity index (χ0n) is 12.5. The summed E-state index contributed by atoms with van der Waals surface area (Å²) < 4.78 is 7.52. The van der Waals surface area contributed by atoms with Gasteiger partial charge in [0, 0.05) is 0 Å². The summed E-state index contributed by atoms with van der Waals surface area (Å²) in [6, 6.07) is 12.7. The van der Waals surface area contributed by atoms with Gasteiger partial charge in [0.05, 0.1) is 4.47 Å². The molecule has 0 aromatic heterocycles. The van der Waals surface area contributed by atoms with Crippen LogP contribution in [0.5, 0.6) is 5.75 Å². The Balaban J connectivity index is 1.81. The Kier molecular flexibility index (Phi) is 4.51. The van der Waals surface area contributed by atoms with Crippen molar-refractivity contribution in [3.05, 3.63) is 40.9 Å². The van der Waals surface area contributed by atoms with Crippen LogP contribution in [0.3, 0.4) is 0 Å². The number of halogens is 1. The first-order valence-electron chi connectivity index (χ1n) is 7.81. The van der Waals surface area contributed by atoms with Crippen LogP contribution >= 0.6 is 15.9 Å². The van der Waals surface area contributed by atoms with E-state index in [9.17, 15) is 0 Å². The smallest absolute Gasteiger partial charge is 0.134 e. The molecule has 1 N–H and O–H groups in total. The molecular formula is C18H22BrNO. The molecule has 1 saturated carbocycles. The van der Waals surface area contributed by atoms with Crippen LogP contribution in [0.25, 0.3) is 10.8 Å². The van der Waals surface area contributed by atoms with Crippen molar-refractivity contribution >= 4 is 26.7 Å². The predicted octanol–water partition coefficient (Wildman–Crippen LogP) is 4.90. The van der Waals surface area contributed by atoms with Crippen molar-refractivity contribution in [3.63, 3.8) is 0 Å². The maximum atomic E-state index is 6.44. The molecule has 0 spiro atoms. The maximum Gasteiger partial charge on any atom is 0.134 e. The van der Waals surface area contributed by atoms with Crippen LogP contribution in [0, 0.1) is 0 Å². The van der Waals surface area contributed by atoms with E-state index in [-0.39, 0.29) is 5.60 Å². The van der Waals surface area contributed by atoms with E-state index < -0.39 is 0 Å². The third-order valence-corrected chi connectivity index (χ3v) is 5.24. The predicted molar refractivity (Wildman–Crippen MR) is 92.0 cm³/mol. The van der Waals surface area contributed by atoms with Crippen molar-refractivity contribution in [1.82, 2.24) is 5.32 Å². The quantitative estimate of drug-likeness (QED) is 0.750. The van der Waals surface area contributed by atoms with Gasteiger partial charge in [0.25, 0.3) is 0 Å². The zero-order chi connectivity index (χ0) is 14.7. The van der Waals surface area contributed by atoms with E-state index in [4.69, 9.17) is 4.74 Å². The summed E-state index contributed by atoms with van der Waals surface area (Å²) in [5.41, 5.74) is 0.0349. The fourth-order valence-corrected chi connectivity index (χ4v) is 3.57. The Morgan fingerprint density at radius 2 is 2.00 bits per heavy atom. The van der Waals surface area contributed by atoms with Gasteiger partial charge in [-0.05, 0) is 71.5 Å². The Morgan fingerprint density at radius 1 is 1.19 bits per heavy atom. The van der Waals surface area contributed by atoms with E-state index in [0.717, 1.165) is 42.6 Å². The van der Waals surface area contributed by atoms with Crippen molar-refractivity contribution < 1.29 is 4.74 Å². The average Bonchev–Trinajstić information content (AvgIpc) is 2.47. The summed E-state index contributed by atoms with van der Waals surface area (Å²) in [6.07, 6.45) is 4.69. The molecule has 21 heavy (non-hydrogen) atoms. The van der Waals surface area contributed by atoms with Gasteiger partial charge in [0.15, 0.2) is 0 Å². The van der Waals surface area contributed by atoms with Crippen LogP contribution in [0.15, 0.2) is 40.9 Å². The van der Waals surface area contributed by atoms with Crippen molar-refractivity contribution in [2.45, 2.75) is 38.2 Å². The van der Waals surface area contributed by atoms with E-state index in [2.05, 4.69) is 64.6 Å². The van der Waals surface area contributed by atoms with Gasteiger partial charge in [-0.1, -0.05) is 37.3 Å². The van der Waals surface area contributed by atoms with Gasteiger partial charge in [-0.2, -0.15) is 0 Å². The van der Waals surface area contributed by atoms with Gasteiger partial charge in [-0.3, -0.25) is 0 Å². The third-order valence-electron chi connectivity index (χ3n) is 4.43. The van der Waals surface area contributed by atoms with Gasteiger partial charge in [-0.25, -0.2) is 0 Å². The first-order valence-corrected chi connectivity index (χ1v) is 8.60. The Labute approximate surface area is 135 Å². The lowest BCUT2D eigenvalue weighted by Crippen LogP contribution is -2.45. The van der Waals surface area contributed by atoms with Gasteiger partial charge in [-0.15, -0.1) is 0 Å². The van der Waals surface area contributed by atoms with Crippen LogP contribution in [0.4, 0.5) is 0 Å². The summed E-state index contributed by atoms with van der Waals surface area (Å²) >= 11 is 3.73. The molecule has 0 atom stereocenters. The highest BCUT2D eigenvalue weighted by Crippen LogP contribution is 2.42. The standard InChI is InChI=1S/C18H22BrNO/c1-2-20-13-12-18(10-5-11-18)21-16-9-8-14-6-3-4-7-15(14)17(16)19/h3-4,6-9,20H,2,5,10-13H2,1H3. The van der Waals surface area contributed by atoms with Crippen LogP contribution < -0.4 is 10.1 Å². The number of fused-ring (bicyclic) bond motifs is 1. The normalized spacial score (nSPS) is 16.7. The molecule has 0 bridgehead atoms. The minimum absolute atomic E-state index is 0.0349. The molecule has 1 aliphatic carbocycles. The summed E-state index contributed by atoms with van der Waals surface area (Å²) in [5, 5.41) is 5.87. The number of ether oxygens (including phenoxy) is 1. The minimum Gasteiger partial charge on any atom is -0.486 e. The van der Waals surface area contributed by atoms with Crippen LogP contribution in [-0.2, 0) is 0 Å². The molecule has 1 aliphatic rings. The molecule has 3 rings (SSSR count). The molecule has 2 nitrogen and oxygen atoms in total. The van der Waals surface area contributed by atoms with Gasteiger partial charge < -0.3 is 10.1 Å². The van der Waals surface area contributed by atoms with E-state index >= 15 is 0 Å². The van der Waals surface area contributed by atoms with Gasteiger partial charge >= 0.3 is 0 Å². The largest absolute Gasteiger partial charge is 0.486 e. The summed E-state index contributed by atoms with van der Waals surface area (Å²) in [4.78, 5) is 0. The van der Waals surface area contributed by atoms with Gasteiger partial charge in [0.2, 0.25) is 0 Å². The first kappa shape index (κ1) is 14.9. The zero-order valence-corrected chi connectivity index (χ0v) is 14.1. The molecule has 0 heterocycles. The first-order chi connectivity index (χ1) is 10.2. The topological polar surface area (TPSA) is 21.3 Å². The number of nitrogens with one attached hydrogen (secondary N) is 1. The minimum atomic E-state index is 0.0349. The lowest BCUT2D eigenvalue weighted by molar-refractivity contribution is -0.0146. The molecule has 0 saturated heterocycles. The molecule has 0 unspecified atom stereocenters. The van der Waals surface area contributed by atoms with Crippen LogP contribution in [0.1, 0.15) is 32.6 Å². The summed E-state index contributed by atoms with van der Waals surface area (Å²) in [6.45, 7) is 4.20. The van der Waals surface area contributed by atoms with Crippen LogP contribution in [-0.4, -0.2) is 18.7 Å². The number of hydrogen-bond acceptors (Lipinski definition) is 2. The molecular weight excluding hydrogens is 326 g/mol. The highest BCUT2D eigenvalue weighted by atomic mass is 79.9. The lowest BCUT2D eigenvalue weighted by Gasteiger charge is -2.42. The monoisotopic (exact) mass is 347 g/mol. The highest BCUT2D eigenvalue weighted by molar-refractivity contribution is 9.10. The van der Waals surface area contributed by atoms with E-state index in [1.165, 1.54) is 17.2 Å². The third kappa shape index (κ3) is 3.09. The molecule has 2 aromatic carbocycles. The Morgan fingerprint density at radius 3 is 2.71 bits per heavy atom. The fourth-order valence-electron chi connectivity index (χ4n) is 2.99. The maximum absolute atomic E-state index is 6.44. The van der Waals surface area contributed by atoms with E-state index in [0.29, 0.717) is 0 Å². The van der Waals surface area contributed by atoms with E-state index in [1.807, 2.05) is 0 Å². The summed E-state index contributed by atoms with van der Waals surface area (Å²) in [7, 11) is 0. The van der Waals surface area contributed by atoms with Crippen molar-refractivity contribution in [2.75, 3.05) is 13.1 Å². The molecule has 0 radical (unpaired) electrons. The average molecular weight is 348 g/mol. The number of rotatable bonds is 6. The van der Waals surface area contributed by atoms with Crippen molar-refractivity contribution in [2.24, 2.45) is 0 Å². The molecule has 0 aliphatic heterocycles. The van der Waals surface area contributed by atoms with Crippen molar-refractivity contribution in [1.29, 1.82) is 0 Å². The number of benzene rings is 2. The molecule has 112 valence electrons. The molecule has 2 aromatic rings. The van der Waals surface area contributed by atoms with E-state index in [1.54, 1.807) is 0 Å². The SMILES string of the molecule is CCNCCC1(Oc2ccc3ccccc3c2Br)CCC1. The summed E-state index contributed by atoms with van der Waals surface area (Å²) in [5.74, 6) is 0.977. The lowest BCUT2D eigenvalue weighted by atomic mass is 9.77. The molecule has 1 fully saturated rings. The number of hydrogen-bond donors (Lipinski definition) is 1.